The summed E-state index contributed by atoms with van der Waals surface area (Å²) in [5, 5.41) is 0. The quantitative estimate of drug-likeness (QED) is 0.264. The van der Waals surface area contributed by atoms with Gasteiger partial charge in [0.2, 0.25) is 0 Å². The third kappa shape index (κ3) is 9.15. The second-order valence-corrected chi connectivity index (χ2v) is 13.7. The van der Waals surface area contributed by atoms with Crippen molar-refractivity contribution >= 4 is 39.9 Å². The van der Waals surface area contributed by atoms with Gasteiger partial charge < -0.3 is 0 Å². The Labute approximate surface area is 203 Å². The molecular weight excluding hydrogens is 481 g/mol. The van der Waals surface area contributed by atoms with Crippen molar-refractivity contribution in [1.82, 2.24) is 0 Å². The molecule has 0 amide bonds. The van der Waals surface area contributed by atoms with Gasteiger partial charge in [0.25, 0.3) is 0 Å². The van der Waals surface area contributed by atoms with Gasteiger partial charge in [-0.05, 0) is 49.9 Å². The molecule has 0 aromatic heterocycles. The molecule has 2 aromatic carbocycles. The third-order valence-corrected chi connectivity index (χ3v) is 9.84. The summed E-state index contributed by atoms with van der Waals surface area (Å²) in [6, 6.07) is 14.8. The standard InChI is InChI=1S/C24H34O4S4/c1-21-15-9-11-17-23(21)31(25,29)27-19-13-7-5-3-4-6-8-14-20-28-32(26,30)24-18-12-10-16-22(24)2/h9-12,15-18H,3-8,13-14,19-20H2,1-2H3. The zero-order valence-corrected chi connectivity index (χ0v) is 22.2. The molecule has 8 heteroatoms. The summed E-state index contributed by atoms with van der Waals surface area (Å²) in [6.07, 6.45) is 8.35. The van der Waals surface area contributed by atoms with E-state index in [1.807, 2.05) is 50.2 Å². The van der Waals surface area contributed by atoms with Crippen LogP contribution in [0.5, 0.6) is 0 Å². The van der Waals surface area contributed by atoms with E-state index < -0.39 is 17.5 Å². The molecule has 0 aliphatic carbocycles. The van der Waals surface area contributed by atoms with Crippen LogP contribution in [0.25, 0.3) is 0 Å². The van der Waals surface area contributed by atoms with E-state index in [1.54, 1.807) is 12.1 Å². The Morgan fingerprint density at radius 3 is 1.25 bits per heavy atom. The topological polar surface area (TPSA) is 52.6 Å². The predicted octanol–water partition coefficient (Wildman–Crippen LogP) is 6.20. The highest BCUT2D eigenvalue weighted by molar-refractivity contribution is 8.30. The molecule has 0 fully saturated rings. The zero-order valence-electron chi connectivity index (χ0n) is 19.0. The molecule has 4 nitrogen and oxygen atoms in total. The van der Waals surface area contributed by atoms with Crippen molar-refractivity contribution in [2.75, 3.05) is 13.2 Å². The highest BCUT2D eigenvalue weighted by atomic mass is 32.8. The molecule has 0 heterocycles. The van der Waals surface area contributed by atoms with Crippen LogP contribution in [0.15, 0.2) is 58.3 Å². The molecule has 2 unspecified atom stereocenters. The first-order valence-corrected chi connectivity index (χ1v) is 16.0. The van der Waals surface area contributed by atoms with Crippen molar-refractivity contribution in [3.05, 3.63) is 59.7 Å². The minimum atomic E-state index is -2.84. The van der Waals surface area contributed by atoms with E-state index in [0.29, 0.717) is 23.0 Å². The second kappa shape index (κ2) is 13.7. The van der Waals surface area contributed by atoms with E-state index in [-0.39, 0.29) is 0 Å². The fraction of sp³-hybridized carbons (Fsp3) is 0.500. The molecule has 0 bridgehead atoms. The maximum atomic E-state index is 12.6. The van der Waals surface area contributed by atoms with Gasteiger partial charge >= 0.3 is 0 Å². The maximum absolute atomic E-state index is 12.6. The SMILES string of the molecule is Cc1ccccc1S(=O)(=S)OCCCCCCCCCCOS(=O)(=S)c1ccccc1C. The van der Waals surface area contributed by atoms with E-state index in [2.05, 4.69) is 0 Å². The van der Waals surface area contributed by atoms with Gasteiger partial charge in [0, 0.05) is 22.4 Å². The van der Waals surface area contributed by atoms with E-state index in [0.717, 1.165) is 62.5 Å². The summed E-state index contributed by atoms with van der Waals surface area (Å²) in [4.78, 5) is 1.23. The number of hydrogen-bond donors (Lipinski definition) is 0. The largest absolute Gasteiger partial charge is 0.286 e. The first-order chi connectivity index (χ1) is 15.2. The van der Waals surface area contributed by atoms with Gasteiger partial charge in [-0.2, -0.15) is 0 Å². The van der Waals surface area contributed by atoms with Crippen LogP contribution in [0.1, 0.15) is 62.5 Å². The lowest BCUT2D eigenvalue weighted by atomic mass is 10.1. The molecular formula is C24H34O4S4. The summed E-state index contributed by atoms with van der Waals surface area (Å²) >= 11 is 10.4. The van der Waals surface area contributed by atoms with E-state index in [4.69, 9.17) is 30.7 Å². The molecule has 178 valence electrons. The van der Waals surface area contributed by atoms with Crippen LogP contribution in [0.4, 0.5) is 0 Å². The molecule has 0 aliphatic rings. The Kier molecular flexibility index (Phi) is 11.7. The monoisotopic (exact) mass is 514 g/mol. The van der Waals surface area contributed by atoms with Crippen LogP contribution >= 0.6 is 0 Å². The maximum Gasteiger partial charge on any atom is 0.173 e. The van der Waals surface area contributed by atoms with Crippen LogP contribution in [0.3, 0.4) is 0 Å². The average molecular weight is 515 g/mol. The van der Waals surface area contributed by atoms with Crippen molar-refractivity contribution in [3.8, 4) is 0 Å². The lowest BCUT2D eigenvalue weighted by Crippen LogP contribution is -2.08. The minimum absolute atomic E-state index is 0.426. The van der Waals surface area contributed by atoms with Crippen molar-refractivity contribution in [2.24, 2.45) is 0 Å². The summed E-state index contributed by atoms with van der Waals surface area (Å²) < 4.78 is 36.2. The van der Waals surface area contributed by atoms with Crippen LogP contribution < -0.4 is 0 Å². The molecule has 0 saturated carbocycles. The summed E-state index contributed by atoms with van der Waals surface area (Å²) in [6.45, 7) is 4.65. The minimum Gasteiger partial charge on any atom is -0.286 e. The molecule has 0 saturated heterocycles. The van der Waals surface area contributed by atoms with E-state index >= 15 is 0 Å². The van der Waals surface area contributed by atoms with Gasteiger partial charge in [-0.1, -0.05) is 74.9 Å². The Hall–Kier alpha value is -0.900. The van der Waals surface area contributed by atoms with Crippen molar-refractivity contribution in [1.29, 1.82) is 0 Å². The molecule has 2 rings (SSSR count). The van der Waals surface area contributed by atoms with Gasteiger partial charge in [0.1, 0.15) is 0 Å². The normalized spacial score (nSPS) is 15.2. The smallest absolute Gasteiger partial charge is 0.173 e. The summed E-state index contributed by atoms with van der Waals surface area (Å²) in [7, 11) is -5.68. The molecule has 2 aromatic rings. The first-order valence-electron chi connectivity index (χ1n) is 11.1. The number of aryl methyl sites for hydroxylation is 2. The predicted molar refractivity (Wildman–Crippen MR) is 139 cm³/mol. The second-order valence-electron chi connectivity index (χ2n) is 7.91. The van der Waals surface area contributed by atoms with Crippen LogP contribution in [-0.2, 0) is 48.3 Å². The van der Waals surface area contributed by atoms with Gasteiger partial charge in [-0.25, -0.2) is 8.42 Å². The third-order valence-electron chi connectivity index (χ3n) is 5.24. The highest BCUT2D eigenvalue weighted by Gasteiger charge is 2.13. The van der Waals surface area contributed by atoms with E-state index in [1.165, 1.54) is 0 Å². The lowest BCUT2D eigenvalue weighted by Gasteiger charge is -2.11. The van der Waals surface area contributed by atoms with Gasteiger partial charge in [0.15, 0.2) is 17.5 Å². The van der Waals surface area contributed by atoms with Gasteiger partial charge in [-0.3, -0.25) is 8.37 Å². The summed E-state index contributed by atoms with van der Waals surface area (Å²) in [5.74, 6) is 0. The molecule has 0 N–H and O–H groups in total. The molecule has 0 aliphatic heterocycles. The van der Waals surface area contributed by atoms with Crippen molar-refractivity contribution in [2.45, 2.75) is 75.0 Å². The number of benzene rings is 2. The molecule has 0 spiro atoms. The fourth-order valence-electron chi connectivity index (χ4n) is 3.40. The summed E-state index contributed by atoms with van der Waals surface area (Å²) in [5.41, 5.74) is 1.81. The molecule has 32 heavy (non-hydrogen) atoms. The van der Waals surface area contributed by atoms with Crippen molar-refractivity contribution in [3.63, 3.8) is 0 Å². The van der Waals surface area contributed by atoms with Gasteiger partial charge in [-0.15, -0.1) is 0 Å². The fourth-order valence-corrected chi connectivity index (χ4v) is 7.28. The van der Waals surface area contributed by atoms with Crippen LogP contribution in [0.2, 0.25) is 0 Å². The lowest BCUT2D eigenvalue weighted by molar-refractivity contribution is 0.326. The van der Waals surface area contributed by atoms with Gasteiger partial charge in [0.05, 0.1) is 23.0 Å². The van der Waals surface area contributed by atoms with Crippen LogP contribution in [0, 0.1) is 13.8 Å². The Morgan fingerprint density at radius 2 is 0.906 bits per heavy atom. The Balaban J connectivity index is 1.49. The number of hydrogen-bond acceptors (Lipinski definition) is 6. The average Bonchev–Trinajstić information content (AvgIpc) is 2.74. The number of unbranched alkanes of at least 4 members (excludes halogenated alkanes) is 7. The van der Waals surface area contributed by atoms with Crippen molar-refractivity contribution < 1.29 is 16.8 Å². The molecule has 2 atom stereocenters. The highest BCUT2D eigenvalue weighted by Crippen LogP contribution is 2.19. The molecule has 0 radical (unpaired) electrons. The first kappa shape index (κ1) is 27.3. The van der Waals surface area contributed by atoms with Crippen LogP contribution in [-0.4, -0.2) is 21.6 Å². The Morgan fingerprint density at radius 1 is 0.594 bits per heavy atom. The van der Waals surface area contributed by atoms with E-state index in [9.17, 15) is 8.42 Å². The number of rotatable bonds is 15. The Bertz CT molecular complexity index is 962. The zero-order chi connectivity index (χ0) is 23.5.